The summed E-state index contributed by atoms with van der Waals surface area (Å²) in [7, 11) is 0. The van der Waals surface area contributed by atoms with E-state index in [1.54, 1.807) is 17.0 Å². The lowest BCUT2D eigenvalue weighted by Crippen LogP contribution is -2.49. The minimum Gasteiger partial charge on any atom is -0.486 e. The Kier molecular flexibility index (Phi) is 7.83. The number of carbonyl (C=O) groups excluding carboxylic acids is 1. The highest BCUT2D eigenvalue weighted by Crippen LogP contribution is 2.36. The molecule has 1 aliphatic heterocycles. The van der Waals surface area contributed by atoms with Crippen molar-refractivity contribution in [2.45, 2.75) is 6.61 Å². The highest BCUT2D eigenvalue weighted by Gasteiger charge is 2.24. The monoisotopic (exact) mass is 541 g/mol. The molecule has 0 N–H and O–H groups in total. The van der Waals surface area contributed by atoms with Gasteiger partial charge in [-0.1, -0.05) is 83.9 Å². The van der Waals surface area contributed by atoms with Crippen molar-refractivity contribution in [3.8, 4) is 11.8 Å². The molecule has 1 fully saturated rings. The van der Waals surface area contributed by atoms with E-state index in [1.807, 2.05) is 54.6 Å². The van der Waals surface area contributed by atoms with Gasteiger partial charge in [-0.2, -0.15) is 5.26 Å². The number of ether oxygens (including phenoxy) is 1. The minimum atomic E-state index is -0.302. The van der Waals surface area contributed by atoms with Crippen molar-refractivity contribution in [1.29, 1.82) is 5.26 Å². The van der Waals surface area contributed by atoms with E-state index in [1.165, 1.54) is 6.08 Å². The fourth-order valence-electron chi connectivity index (χ4n) is 4.65. The smallest absolute Gasteiger partial charge is 0.264 e. The number of benzene rings is 4. The Morgan fingerprint density at radius 3 is 2.26 bits per heavy atom. The number of halogens is 2. The number of amides is 1. The fraction of sp³-hybridized carbons (Fsp3) is 0.161. The van der Waals surface area contributed by atoms with Crippen molar-refractivity contribution in [2.75, 3.05) is 31.1 Å². The Morgan fingerprint density at radius 2 is 1.55 bits per heavy atom. The Balaban J connectivity index is 1.28. The van der Waals surface area contributed by atoms with E-state index in [9.17, 15) is 10.1 Å². The molecule has 0 atom stereocenters. The lowest BCUT2D eigenvalue weighted by atomic mass is 10.1. The van der Waals surface area contributed by atoms with Gasteiger partial charge in [0.2, 0.25) is 0 Å². The van der Waals surface area contributed by atoms with Crippen LogP contribution in [0.5, 0.6) is 5.75 Å². The highest BCUT2D eigenvalue weighted by atomic mass is 35.5. The van der Waals surface area contributed by atoms with Gasteiger partial charge in [0.15, 0.2) is 5.75 Å². The van der Waals surface area contributed by atoms with Crippen LogP contribution in [0.1, 0.15) is 11.1 Å². The summed E-state index contributed by atoms with van der Waals surface area (Å²) >= 11 is 13.1. The summed E-state index contributed by atoms with van der Waals surface area (Å²) in [5, 5.41) is 12.6. The summed E-state index contributed by atoms with van der Waals surface area (Å²) in [6.45, 7) is 2.78. The maximum absolute atomic E-state index is 13.1. The van der Waals surface area contributed by atoms with E-state index >= 15 is 0 Å². The average molecular weight is 542 g/mol. The zero-order valence-electron chi connectivity index (χ0n) is 20.6. The van der Waals surface area contributed by atoms with Crippen LogP contribution in [0.25, 0.3) is 16.8 Å². The van der Waals surface area contributed by atoms with Gasteiger partial charge in [0.05, 0.1) is 10.0 Å². The number of fused-ring (bicyclic) bond motifs is 1. The number of rotatable bonds is 6. The van der Waals surface area contributed by atoms with Gasteiger partial charge in [-0.3, -0.25) is 4.79 Å². The maximum Gasteiger partial charge on any atom is 0.264 e. The zero-order chi connectivity index (χ0) is 26.5. The molecule has 5 rings (SSSR count). The first-order chi connectivity index (χ1) is 18.5. The summed E-state index contributed by atoms with van der Waals surface area (Å²) < 4.78 is 6.01. The van der Waals surface area contributed by atoms with Crippen LogP contribution in [0.4, 0.5) is 5.69 Å². The number of para-hydroxylation sites is 1. The quantitative estimate of drug-likeness (QED) is 0.195. The van der Waals surface area contributed by atoms with E-state index in [2.05, 4.69) is 29.2 Å². The van der Waals surface area contributed by atoms with Crippen LogP contribution in [0.3, 0.4) is 0 Å². The summed E-state index contributed by atoms with van der Waals surface area (Å²) in [6.07, 6.45) is 1.53. The van der Waals surface area contributed by atoms with Crippen molar-refractivity contribution < 1.29 is 9.53 Å². The van der Waals surface area contributed by atoms with Gasteiger partial charge in [0.25, 0.3) is 5.91 Å². The maximum atomic E-state index is 13.1. The van der Waals surface area contributed by atoms with Gasteiger partial charge in [-0.05, 0) is 52.2 Å². The first-order valence-electron chi connectivity index (χ1n) is 12.3. The Labute approximate surface area is 232 Å². The van der Waals surface area contributed by atoms with Crippen LogP contribution in [0.15, 0.2) is 90.5 Å². The second kappa shape index (κ2) is 11.6. The zero-order valence-corrected chi connectivity index (χ0v) is 22.1. The van der Waals surface area contributed by atoms with Gasteiger partial charge < -0.3 is 14.5 Å². The molecule has 7 heteroatoms. The predicted molar refractivity (Wildman–Crippen MR) is 154 cm³/mol. The molecule has 0 aromatic heterocycles. The van der Waals surface area contributed by atoms with Gasteiger partial charge in [-0.25, -0.2) is 0 Å². The molecule has 1 saturated heterocycles. The predicted octanol–water partition coefficient (Wildman–Crippen LogP) is 6.98. The van der Waals surface area contributed by atoms with Crippen LogP contribution in [-0.4, -0.2) is 37.0 Å². The number of nitrogens with zero attached hydrogens (tertiary/aromatic N) is 3. The van der Waals surface area contributed by atoms with E-state index in [0.717, 1.165) is 22.0 Å². The molecule has 190 valence electrons. The van der Waals surface area contributed by atoms with Crippen molar-refractivity contribution in [3.05, 3.63) is 112 Å². The molecule has 0 bridgehead atoms. The molecule has 0 radical (unpaired) electrons. The van der Waals surface area contributed by atoms with Crippen LogP contribution in [0, 0.1) is 11.3 Å². The number of hydrogen-bond acceptors (Lipinski definition) is 4. The summed E-state index contributed by atoms with van der Waals surface area (Å²) in [5.41, 5.74) is 2.74. The molecule has 1 aliphatic rings. The largest absolute Gasteiger partial charge is 0.486 e. The standard InChI is InChI=1S/C31H25Cl2N3O2/c32-28-18-22(19-29(33)30(28)38-21-24-9-6-8-23-7-4-5-12-27(23)24)17-25(20-34)31(37)36-15-13-35(14-16-36)26-10-2-1-3-11-26/h1-12,17-19H,13-16,21H2/b25-17-. The number of anilines is 1. The molecule has 0 aliphatic carbocycles. The van der Waals surface area contributed by atoms with Crippen molar-refractivity contribution in [3.63, 3.8) is 0 Å². The second-order valence-corrected chi connectivity index (χ2v) is 9.84. The summed E-state index contributed by atoms with van der Waals surface area (Å²) in [5.74, 6) is 0.0593. The molecule has 0 spiro atoms. The van der Waals surface area contributed by atoms with Gasteiger partial charge in [0.1, 0.15) is 18.2 Å². The van der Waals surface area contributed by atoms with Crippen molar-refractivity contribution in [2.24, 2.45) is 0 Å². The first-order valence-corrected chi connectivity index (χ1v) is 13.1. The molecule has 0 saturated carbocycles. The van der Waals surface area contributed by atoms with Crippen molar-refractivity contribution in [1.82, 2.24) is 4.90 Å². The number of piperazine rings is 1. The summed E-state index contributed by atoms with van der Waals surface area (Å²) in [6, 6.07) is 29.6. The molecule has 5 nitrogen and oxygen atoms in total. The topological polar surface area (TPSA) is 56.6 Å². The third-order valence-electron chi connectivity index (χ3n) is 6.62. The van der Waals surface area contributed by atoms with E-state index in [4.69, 9.17) is 27.9 Å². The molecule has 4 aromatic rings. The Hall–Kier alpha value is -3.98. The third-order valence-corrected chi connectivity index (χ3v) is 7.18. The third kappa shape index (κ3) is 5.62. The molecule has 38 heavy (non-hydrogen) atoms. The highest BCUT2D eigenvalue weighted by molar-refractivity contribution is 6.37. The summed E-state index contributed by atoms with van der Waals surface area (Å²) in [4.78, 5) is 17.0. The van der Waals surface area contributed by atoms with E-state index < -0.39 is 0 Å². The van der Waals surface area contributed by atoms with Crippen molar-refractivity contribution >= 4 is 51.6 Å². The lowest BCUT2D eigenvalue weighted by Gasteiger charge is -2.36. The lowest BCUT2D eigenvalue weighted by molar-refractivity contribution is -0.126. The molecule has 1 amide bonds. The van der Waals surface area contributed by atoms with Crippen LogP contribution >= 0.6 is 23.2 Å². The molecule has 1 heterocycles. The molecule has 0 unspecified atom stereocenters. The second-order valence-electron chi connectivity index (χ2n) is 9.03. The van der Waals surface area contributed by atoms with E-state index in [-0.39, 0.29) is 11.5 Å². The number of nitriles is 1. The van der Waals surface area contributed by atoms with Gasteiger partial charge in [-0.15, -0.1) is 0 Å². The Morgan fingerprint density at radius 1 is 0.895 bits per heavy atom. The Bertz CT molecular complexity index is 1510. The number of hydrogen-bond donors (Lipinski definition) is 0. The fourth-order valence-corrected chi connectivity index (χ4v) is 5.27. The van der Waals surface area contributed by atoms with Crippen LogP contribution in [-0.2, 0) is 11.4 Å². The van der Waals surface area contributed by atoms with Gasteiger partial charge >= 0.3 is 0 Å². The number of carbonyl (C=O) groups is 1. The van der Waals surface area contributed by atoms with E-state index in [0.29, 0.717) is 54.1 Å². The van der Waals surface area contributed by atoms with Crippen LogP contribution in [0.2, 0.25) is 10.0 Å². The SMILES string of the molecule is N#C/C(=C/c1cc(Cl)c(OCc2cccc3ccccc23)c(Cl)c1)C(=O)N1CCN(c2ccccc2)CC1. The molecule has 4 aromatic carbocycles. The molecular weight excluding hydrogens is 517 g/mol. The first kappa shape index (κ1) is 25.7. The average Bonchev–Trinajstić information content (AvgIpc) is 2.96. The molecular formula is C31H25Cl2N3O2. The minimum absolute atomic E-state index is 0.0368. The van der Waals surface area contributed by atoms with Gasteiger partial charge in [0, 0.05) is 31.9 Å². The van der Waals surface area contributed by atoms with Crippen LogP contribution < -0.4 is 9.64 Å². The normalized spacial score (nSPS) is 13.9.